The largest absolute Gasteiger partial charge is 0.507 e. The Morgan fingerprint density at radius 3 is 2.79 bits per heavy atom. The van der Waals surface area contributed by atoms with Crippen molar-refractivity contribution < 1.29 is 19.1 Å². The Balaban J connectivity index is 1.29. The van der Waals surface area contributed by atoms with Gasteiger partial charge in [-0.25, -0.2) is 24.0 Å². The van der Waals surface area contributed by atoms with Crippen LogP contribution in [0.4, 0.5) is 10.2 Å². The van der Waals surface area contributed by atoms with E-state index in [9.17, 15) is 19.1 Å². The fourth-order valence-corrected chi connectivity index (χ4v) is 5.46. The number of nitrogen functional groups attached to an aromatic ring is 1. The second-order valence-electron chi connectivity index (χ2n) is 10.2. The number of halogens is 1. The lowest BCUT2D eigenvalue weighted by Gasteiger charge is -2.16. The molecule has 4 N–H and O–H groups in total. The number of nitrogens with one attached hydrogen (secondary N) is 1. The molecule has 12 heteroatoms. The number of rotatable bonds is 6. The number of amides is 1. The van der Waals surface area contributed by atoms with Crippen LogP contribution in [0, 0.1) is 5.82 Å². The SMILES string of the molecule is Nc1ncccc1-c1nc2ccc(-n3cc(F)cn3)nc2n1-c1ccc2c(c1)CC[C@@H]2NC(=O)c1ccc(O)c(C=O)c1. The number of aldehydes is 1. The van der Waals surface area contributed by atoms with Gasteiger partial charge in [-0.2, -0.15) is 5.10 Å². The van der Waals surface area contributed by atoms with Crippen molar-refractivity contribution in [3.63, 3.8) is 0 Å². The van der Waals surface area contributed by atoms with E-state index < -0.39 is 5.82 Å². The number of aromatic hydroxyl groups is 1. The number of phenolic OH excluding ortho intramolecular Hbond substituents is 1. The van der Waals surface area contributed by atoms with Crippen LogP contribution in [0.3, 0.4) is 0 Å². The van der Waals surface area contributed by atoms with Crippen LogP contribution in [-0.4, -0.2) is 46.6 Å². The summed E-state index contributed by atoms with van der Waals surface area (Å²) in [5, 5.41) is 16.9. The molecule has 6 aromatic rings. The minimum Gasteiger partial charge on any atom is -0.507 e. The Kier molecular flexibility index (Phi) is 6.16. The van der Waals surface area contributed by atoms with Crippen LogP contribution >= 0.6 is 0 Å². The highest BCUT2D eigenvalue weighted by Gasteiger charge is 2.26. The fraction of sp³-hybridized carbons (Fsp3) is 0.0968. The third-order valence-corrected chi connectivity index (χ3v) is 7.54. The van der Waals surface area contributed by atoms with Crippen molar-refractivity contribution in [3.8, 4) is 28.6 Å². The number of hydrogen-bond donors (Lipinski definition) is 3. The van der Waals surface area contributed by atoms with Gasteiger partial charge in [-0.05, 0) is 78.6 Å². The van der Waals surface area contributed by atoms with Gasteiger partial charge in [0.1, 0.15) is 17.1 Å². The maximum Gasteiger partial charge on any atom is 0.251 e. The van der Waals surface area contributed by atoms with Crippen molar-refractivity contribution in [2.75, 3.05) is 5.73 Å². The number of hydrogen-bond acceptors (Lipinski definition) is 8. The second-order valence-corrected chi connectivity index (χ2v) is 10.2. The number of aryl methyl sites for hydroxylation is 1. The van der Waals surface area contributed by atoms with Crippen LogP contribution in [0.15, 0.2) is 79.3 Å². The molecular formula is C31H23FN8O3. The highest BCUT2D eigenvalue weighted by atomic mass is 19.1. The number of fused-ring (bicyclic) bond motifs is 2. The highest BCUT2D eigenvalue weighted by molar-refractivity contribution is 5.96. The first-order chi connectivity index (χ1) is 20.9. The van der Waals surface area contributed by atoms with Gasteiger partial charge >= 0.3 is 0 Å². The monoisotopic (exact) mass is 574 g/mol. The molecule has 0 unspecified atom stereocenters. The minimum atomic E-state index is -0.478. The molecule has 1 aliphatic carbocycles. The van der Waals surface area contributed by atoms with E-state index >= 15 is 0 Å². The predicted octanol–water partition coefficient (Wildman–Crippen LogP) is 4.32. The molecule has 0 spiro atoms. The average molecular weight is 575 g/mol. The molecule has 43 heavy (non-hydrogen) atoms. The van der Waals surface area contributed by atoms with Crippen LogP contribution in [0.2, 0.25) is 0 Å². The Bertz CT molecular complexity index is 2070. The van der Waals surface area contributed by atoms with Gasteiger partial charge in [-0.15, -0.1) is 0 Å². The van der Waals surface area contributed by atoms with Crippen LogP contribution < -0.4 is 11.1 Å². The van der Waals surface area contributed by atoms with Crippen molar-refractivity contribution in [2.24, 2.45) is 0 Å². The van der Waals surface area contributed by atoms with Gasteiger partial charge in [0.25, 0.3) is 5.91 Å². The number of carbonyl (C=O) groups excluding carboxylic acids is 2. The van der Waals surface area contributed by atoms with Gasteiger partial charge in [-0.3, -0.25) is 14.2 Å². The maximum atomic E-state index is 13.7. The van der Waals surface area contributed by atoms with Crippen molar-refractivity contribution >= 4 is 29.2 Å². The maximum absolute atomic E-state index is 13.7. The van der Waals surface area contributed by atoms with Crippen LogP contribution in [0.1, 0.15) is 44.3 Å². The number of pyridine rings is 2. The summed E-state index contributed by atoms with van der Waals surface area (Å²) in [6.07, 6.45) is 5.88. The Morgan fingerprint density at radius 1 is 1.12 bits per heavy atom. The summed E-state index contributed by atoms with van der Waals surface area (Å²) in [5.74, 6) is 0.269. The molecule has 0 radical (unpaired) electrons. The molecule has 7 rings (SSSR count). The molecular weight excluding hydrogens is 551 g/mol. The van der Waals surface area contributed by atoms with Gasteiger partial charge in [-0.1, -0.05) is 6.07 Å². The third kappa shape index (κ3) is 4.54. The van der Waals surface area contributed by atoms with Gasteiger partial charge < -0.3 is 16.2 Å². The van der Waals surface area contributed by atoms with Crippen molar-refractivity contribution in [2.45, 2.75) is 18.9 Å². The van der Waals surface area contributed by atoms with E-state index in [0.29, 0.717) is 53.3 Å². The molecule has 0 saturated carbocycles. The van der Waals surface area contributed by atoms with Gasteiger partial charge in [0.2, 0.25) is 0 Å². The van der Waals surface area contributed by atoms with Gasteiger partial charge in [0.05, 0.1) is 29.6 Å². The smallest absolute Gasteiger partial charge is 0.251 e. The summed E-state index contributed by atoms with van der Waals surface area (Å²) in [6.45, 7) is 0. The lowest BCUT2D eigenvalue weighted by molar-refractivity contribution is 0.0936. The molecule has 0 fully saturated rings. The lowest BCUT2D eigenvalue weighted by atomic mass is 10.1. The van der Waals surface area contributed by atoms with E-state index in [0.717, 1.165) is 23.0 Å². The number of aromatic nitrogens is 6. The number of benzene rings is 2. The average Bonchev–Trinajstić information content (AvgIpc) is 3.73. The molecule has 11 nitrogen and oxygen atoms in total. The molecule has 1 amide bonds. The van der Waals surface area contributed by atoms with E-state index in [4.69, 9.17) is 15.7 Å². The highest BCUT2D eigenvalue weighted by Crippen LogP contribution is 2.36. The Hall–Kier alpha value is -5.91. The Labute approximate surface area is 243 Å². The first-order valence-corrected chi connectivity index (χ1v) is 13.4. The second kappa shape index (κ2) is 10.2. The molecule has 0 aliphatic heterocycles. The summed E-state index contributed by atoms with van der Waals surface area (Å²) in [5.41, 5.74) is 11.1. The van der Waals surface area contributed by atoms with Crippen molar-refractivity contribution in [1.82, 2.24) is 34.6 Å². The van der Waals surface area contributed by atoms with Crippen molar-refractivity contribution in [1.29, 1.82) is 0 Å². The van der Waals surface area contributed by atoms with E-state index in [-0.39, 0.29) is 28.8 Å². The lowest BCUT2D eigenvalue weighted by Crippen LogP contribution is -2.27. The molecule has 1 atom stereocenters. The van der Waals surface area contributed by atoms with E-state index in [1.54, 1.807) is 24.4 Å². The van der Waals surface area contributed by atoms with E-state index in [2.05, 4.69) is 15.4 Å². The summed E-state index contributed by atoms with van der Waals surface area (Å²) in [4.78, 5) is 38.1. The zero-order chi connectivity index (χ0) is 29.7. The minimum absolute atomic E-state index is 0.0520. The zero-order valence-corrected chi connectivity index (χ0v) is 22.5. The van der Waals surface area contributed by atoms with Crippen LogP contribution in [-0.2, 0) is 6.42 Å². The topological polar surface area (TPSA) is 154 Å². The molecule has 212 valence electrons. The summed E-state index contributed by atoms with van der Waals surface area (Å²) in [6, 6.07) is 17.0. The standard InChI is InChI=1S/C31H23FN8O3/c32-20-14-35-39(15-20)27-10-8-25-30(38-27)40(29(36-25)23-2-1-11-34-28(23)33)21-5-6-22-17(13-21)3-7-24(22)37-31(43)18-4-9-26(42)19(12-18)16-41/h1-2,4-6,8-16,24,42H,3,7H2,(H2,33,34)(H,37,43)/t24-/m0/s1. The van der Waals surface area contributed by atoms with Gasteiger partial charge in [0.15, 0.2) is 29.4 Å². The number of nitrogens with zero attached hydrogens (tertiary/aromatic N) is 6. The molecule has 0 bridgehead atoms. The number of carbonyl (C=O) groups is 2. The van der Waals surface area contributed by atoms with E-state index in [1.165, 1.54) is 29.1 Å². The number of anilines is 1. The number of phenols is 1. The first kappa shape index (κ1) is 26.0. The number of nitrogens with two attached hydrogens (primary N) is 1. The predicted molar refractivity (Wildman–Crippen MR) is 156 cm³/mol. The zero-order valence-electron chi connectivity index (χ0n) is 22.5. The summed E-state index contributed by atoms with van der Waals surface area (Å²) >= 11 is 0. The summed E-state index contributed by atoms with van der Waals surface area (Å²) < 4.78 is 17.0. The Morgan fingerprint density at radius 2 is 2.00 bits per heavy atom. The van der Waals surface area contributed by atoms with Crippen LogP contribution in [0.25, 0.3) is 34.1 Å². The molecule has 4 heterocycles. The third-order valence-electron chi connectivity index (χ3n) is 7.54. The van der Waals surface area contributed by atoms with Gasteiger partial charge in [0, 0.05) is 17.4 Å². The van der Waals surface area contributed by atoms with Crippen molar-refractivity contribution in [3.05, 3.63) is 107 Å². The van der Waals surface area contributed by atoms with E-state index in [1.807, 2.05) is 28.8 Å². The summed E-state index contributed by atoms with van der Waals surface area (Å²) in [7, 11) is 0. The normalized spacial score (nSPS) is 14.1. The molecule has 1 aliphatic rings. The van der Waals surface area contributed by atoms with Crippen LogP contribution in [0.5, 0.6) is 5.75 Å². The quantitative estimate of drug-likeness (QED) is 0.249. The number of imidazole rings is 1. The molecule has 4 aromatic heterocycles. The molecule has 0 saturated heterocycles. The fourth-order valence-electron chi connectivity index (χ4n) is 5.46. The first-order valence-electron chi connectivity index (χ1n) is 13.4. The molecule has 2 aromatic carbocycles.